The molecule has 3 saturated carbocycles. The lowest BCUT2D eigenvalue weighted by Gasteiger charge is -2.47. The summed E-state index contributed by atoms with van der Waals surface area (Å²) < 4.78 is 19.4. The number of carbonyl (C=O) groups excluding carboxylic acids is 5. The highest BCUT2D eigenvalue weighted by Crippen LogP contribution is 2.71. The summed E-state index contributed by atoms with van der Waals surface area (Å²) in [5.41, 5.74) is 2.02. The highest BCUT2D eigenvalue weighted by atomic mass is 35.5. The molecule has 3 aliphatic heterocycles. The standard InChI is InChI=1S/C49H53Cl2FN6O6/c1-56-39-24-29(10-15-37(39)58(47(56)64)38-16-17-40(59)55-44(38)61)27-18-22-57(23-19-27)45(62)28-8-12-31(13-9-28)53-43(60)33-26-48(20-3-2-4-21-48)49(41(33)32-6-5-7-35(51)42(32)52)34-14-11-30(50)25-36(34)54-46(49)63/h5-7,10-11,14-15,24-25,27-28,31,33,38,41H,2-4,8-9,12-13,16-23,26H2,1H3,(H,53,60)(H,54,63)(H,55,59,61)/t28?,31?,33-,38?,41+,49-/m1/s1. The molecule has 1 unspecified atom stereocenters. The van der Waals surface area contributed by atoms with Crippen LogP contribution in [0.25, 0.3) is 11.0 Å². The molecule has 2 spiro atoms. The van der Waals surface area contributed by atoms with Crippen molar-refractivity contribution in [2.75, 3.05) is 18.4 Å². The molecule has 15 heteroatoms. The minimum absolute atomic E-state index is 0.0489. The van der Waals surface area contributed by atoms with Crippen LogP contribution in [0.5, 0.6) is 0 Å². The van der Waals surface area contributed by atoms with Crippen molar-refractivity contribution in [1.82, 2.24) is 24.7 Å². The molecule has 2 saturated heterocycles. The molecule has 3 aromatic carbocycles. The van der Waals surface area contributed by atoms with Gasteiger partial charge < -0.3 is 15.5 Å². The molecule has 12 nitrogen and oxygen atoms in total. The molecule has 1 aromatic heterocycles. The lowest BCUT2D eigenvalue weighted by molar-refractivity contribution is -0.138. The van der Waals surface area contributed by atoms with Crippen molar-refractivity contribution in [3.8, 4) is 0 Å². The second-order valence-corrected chi connectivity index (χ2v) is 20.2. The Hall–Kier alpha value is -5.01. The Labute approximate surface area is 380 Å². The van der Waals surface area contributed by atoms with Gasteiger partial charge in [0.1, 0.15) is 11.9 Å². The number of rotatable bonds is 6. The lowest BCUT2D eigenvalue weighted by atomic mass is 9.53. The molecule has 4 aromatic rings. The zero-order valence-corrected chi connectivity index (χ0v) is 37.4. The molecule has 3 aliphatic carbocycles. The number of carbonyl (C=O) groups is 5. The number of hydrogen-bond donors (Lipinski definition) is 3. The van der Waals surface area contributed by atoms with Crippen molar-refractivity contribution in [1.29, 1.82) is 0 Å². The number of imidazole rings is 1. The summed E-state index contributed by atoms with van der Waals surface area (Å²) in [6, 6.07) is 15.3. The number of imide groups is 1. The first-order valence-corrected chi connectivity index (χ1v) is 23.8. The maximum Gasteiger partial charge on any atom is 0.329 e. The zero-order valence-electron chi connectivity index (χ0n) is 35.9. The van der Waals surface area contributed by atoms with Crippen molar-refractivity contribution in [2.24, 2.45) is 24.3 Å². The fourth-order valence-electron chi connectivity index (χ4n) is 13.1. The second-order valence-electron chi connectivity index (χ2n) is 19.3. The minimum atomic E-state index is -1.20. The minimum Gasteiger partial charge on any atom is -0.353 e. The predicted octanol–water partition coefficient (Wildman–Crippen LogP) is 7.79. The van der Waals surface area contributed by atoms with E-state index in [2.05, 4.69) is 16.0 Å². The number of piperidine rings is 2. The molecule has 3 N–H and O–H groups in total. The van der Waals surface area contributed by atoms with Crippen LogP contribution >= 0.6 is 23.2 Å². The van der Waals surface area contributed by atoms with Crippen LogP contribution < -0.4 is 21.6 Å². The van der Waals surface area contributed by atoms with Crippen molar-refractivity contribution in [3.63, 3.8) is 0 Å². The van der Waals surface area contributed by atoms with Gasteiger partial charge in [-0.3, -0.25) is 38.4 Å². The van der Waals surface area contributed by atoms with E-state index in [0.717, 1.165) is 61.6 Å². The predicted molar refractivity (Wildman–Crippen MR) is 241 cm³/mol. The molecule has 336 valence electrons. The van der Waals surface area contributed by atoms with Crippen LogP contribution in [-0.2, 0) is 36.4 Å². The van der Waals surface area contributed by atoms with E-state index >= 15 is 4.39 Å². The fourth-order valence-corrected chi connectivity index (χ4v) is 13.5. The zero-order chi connectivity index (χ0) is 44.7. The molecule has 5 fully saturated rings. The van der Waals surface area contributed by atoms with E-state index in [1.807, 2.05) is 29.2 Å². The van der Waals surface area contributed by atoms with E-state index in [9.17, 15) is 28.8 Å². The van der Waals surface area contributed by atoms with Gasteiger partial charge in [0.2, 0.25) is 29.5 Å². The molecule has 4 heterocycles. The van der Waals surface area contributed by atoms with Crippen LogP contribution in [0, 0.1) is 23.1 Å². The van der Waals surface area contributed by atoms with Crippen molar-refractivity contribution in [3.05, 3.63) is 97.6 Å². The Balaban J connectivity index is 0.815. The third-order valence-electron chi connectivity index (χ3n) is 16.1. The van der Waals surface area contributed by atoms with E-state index < -0.39 is 40.4 Å². The topological polar surface area (TPSA) is 152 Å². The number of nitrogens with one attached hydrogen (secondary N) is 3. The number of aromatic nitrogens is 2. The van der Waals surface area contributed by atoms with E-state index in [0.29, 0.717) is 61.4 Å². The van der Waals surface area contributed by atoms with Crippen LogP contribution in [0.3, 0.4) is 0 Å². The number of amides is 5. The summed E-state index contributed by atoms with van der Waals surface area (Å²) in [6.07, 6.45) is 9.33. The summed E-state index contributed by atoms with van der Waals surface area (Å²) >= 11 is 12.9. The van der Waals surface area contributed by atoms with Crippen LogP contribution in [0.15, 0.2) is 59.4 Å². The number of anilines is 1. The van der Waals surface area contributed by atoms with Gasteiger partial charge in [-0.05, 0) is 123 Å². The second kappa shape index (κ2) is 16.5. The van der Waals surface area contributed by atoms with Gasteiger partial charge in [0.05, 0.1) is 21.5 Å². The third kappa shape index (κ3) is 6.81. The SMILES string of the molecule is Cn1c(=O)n(C2CCC(=O)NC2=O)c2ccc(C3CCN(C(=O)C4CCC(NC(=O)[C@@H]5CC6(CCCCC6)[C@@]6(C(=O)Nc7cc(Cl)ccc76)[C@H]5c5cccc(Cl)c5F)CC4)CC3)cc21. The smallest absolute Gasteiger partial charge is 0.329 e. The molecule has 5 amide bonds. The highest BCUT2D eigenvalue weighted by Gasteiger charge is 2.72. The van der Waals surface area contributed by atoms with Gasteiger partial charge in [-0.25, -0.2) is 9.18 Å². The van der Waals surface area contributed by atoms with Crippen LogP contribution in [0.4, 0.5) is 10.1 Å². The maximum absolute atomic E-state index is 16.4. The van der Waals surface area contributed by atoms with Crippen LogP contribution in [0.2, 0.25) is 10.0 Å². The van der Waals surface area contributed by atoms with E-state index in [-0.39, 0.29) is 70.6 Å². The quantitative estimate of drug-likeness (QED) is 0.168. The number of likely N-dealkylation sites (tertiary alicyclic amines) is 1. The van der Waals surface area contributed by atoms with E-state index in [1.54, 1.807) is 35.9 Å². The number of fused-ring (bicyclic) bond motifs is 4. The summed E-state index contributed by atoms with van der Waals surface area (Å²) in [7, 11) is 1.69. The molecule has 64 heavy (non-hydrogen) atoms. The van der Waals surface area contributed by atoms with Crippen molar-refractivity contribution < 1.29 is 28.4 Å². The third-order valence-corrected chi connectivity index (χ3v) is 16.7. The van der Waals surface area contributed by atoms with Gasteiger partial charge in [-0.2, -0.15) is 0 Å². The maximum atomic E-state index is 16.4. The molecular formula is C49H53Cl2FN6O6. The average Bonchev–Trinajstić information content (AvgIpc) is 3.84. The Morgan fingerprint density at radius 3 is 2.33 bits per heavy atom. The van der Waals surface area contributed by atoms with E-state index in [1.165, 1.54) is 10.6 Å². The number of nitrogens with zero attached hydrogens (tertiary/aromatic N) is 3. The monoisotopic (exact) mass is 910 g/mol. The first-order valence-electron chi connectivity index (χ1n) is 23.0. The Morgan fingerprint density at radius 1 is 0.844 bits per heavy atom. The summed E-state index contributed by atoms with van der Waals surface area (Å²) in [5.74, 6) is -3.13. The normalized spacial score (nSPS) is 28.1. The highest BCUT2D eigenvalue weighted by molar-refractivity contribution is 6.31. The Morgan fingerprint density at radius 2 is 1.59 bits per heavy atom. The average molecular weight is 912 g/mol. The van der Waals surface area contributed by atoms with Crippen LogP contribution in [-0.4, -0.2) is 62.7 Å². The van der Waals surface area contributed by atoms with Crippen LogP contribution in [0.1, 0.15) is 124 Å². The molecule has 6 aliphatic rings. The summed E-state index contributed by atoms with van der Waals surface area (Å²) in [6.45, 7) is 1.23. The van der Waals surface area contributed by atoms with Crippen molar-refractivity contribution in [2.45, 2.75) is 119 Å². The van der Waals surface area contributed by atoms with Gasteiger partial charge in [-0.1, -0.05) is 66.7 Å². The Kier molecular flexibility index (Phi) is 11.0. The molecule has 0 bridgehead atoms. The summed E-state index contributed by atoms with van der Waals surface area (Å²) in [5, 5.41) is 9.26. The van der Waals surface area contributed by atoms with E-state index in [4.69, 9.17) is 23.2 Å². The molecule has 10 rings (SSSR count). The number of hydrogen-bond acceptors (Lipinski definition) is 6. The Bertz CT molecular complexity index is 2660. The van der Waals surface area contributed by atoms with Crippen molar-refractivity contribution >= 4 is 69.5 Å². The molecular weight excluding hydrogens is 858 g/mol. The number of benzene rings is 3. The van der Waals surface area contributed by atoms with Gasteiger partial charge in [0, 0.05) is 61.1 Å². The fraction of sp³-hybridized carbons (Fsp3) is 0.510. The molecule has 4 atom stereocenters. The first-order chi connectivity index (χ1) is 30.8. The summed E-state index contributed by atoms with van der Waals surface area (Å²) in [4.78, 5) is 83.2. The van der Waals surface area contributed by atoms with Gasteiger partial charge in [-0.15, -0.1) is 0 Å². The largest absolute Gasteiger partial charge is 0.353 e. The number of halogens is 3. The van der Waals surface area contributed by atoms with Gasteiger partial charge in [0.25, 0.3) is 0 Å². The molecule has 0 radical (unpaired) electrons. The first kappa shape index (κ1) is 42.9. The van der Waals surface area contributed by atoms with Gasteiger partial charge in [0.15, 0.2) is 0 Å². The number of aryl methyl sites for hydroxylation is 1. The van der Waals surface area contributed by atoms with Gasteiger partial charge >= 0.3 is 5.69 Å². The lowest BCUT2D eigenvalue weighted by Crippen LogP contribution is -2.51.